The number of carbonyl (C=O) groups is 2. The normalized spacial score (nSPS) is 31.3. The van der Waals surface area contributed by atoms with Crippen LogP contribution in [0.1, 0.15) is 171 Å². The molecule has 56 heavy (non-hydrogen) atoms. The Balaban J connectivity index is 1.31. The molecule has 0 saturated carbocycles. The lowest BCUT2D eigenvalue weighted by Crippen LogP contribution is -2.66. The molecule has 0 N–H and O–H groups in total. The van der Waals surface area contributed by atoms with Crippen molar-refractivity contribution in [1.82, 2.24) is 10.1 Å². The number of rotatable bonds is 17. The van der Waals surface area contributed by atoms with Crippen LogP contribution in [0, 0.1) is 11.8 Å². The summed E-state index contributed by atoms with van der Waals surface area (Å²) in [6.07, 6.45) is 5.60. The smallest absolute Gasteiger partial charge is 0.318 e. The SMILES string of the molecule is CCC1(C)C/C(=N\OC(=O)CCCCC(=O)O/N=C2\CC(C)(CC)N(OC(C)c3ccccc3)C(C)(CC)C2C)C(C)C(C)(CC)N1OC(C)c1ccccc1. The van der Waals surface area contributed by atoms with Crippen molar-refractivity contribution in [2.24, 2.45) is 22.1 Å². The Hall–Kier alpha value is -3.44. The van der Waals surface area contributed by atoms with E-state index in [1.807, 2.05) is 36.4 Å². The third-order valence-corrected chi connectivity index (χ3v) is 13.5. The van der Waals surface area contributed by atoms with Crippen LogP contribution in [0.2, 0.25) is 0 Å². The van der Waals surface area contributed by atoms with Gasteiger partial charge in [0.15, 0.2) is 0 Å². The van der Waals surface area contributed by atoms with Gasteiger partial charge in [0.25, 0.3) is 0 Å². The van der Waals surface area contributed by atoms with Crippen molar-refractivity contribution in [1.29, 1.82) is 0 Å². The van der Waals surface area contributed by atoms with Crippen molar-refractivity contribution in [2.45, 2.75) is 182 Å². The van der Waals surface area contributed by atoms with Gasteiger partial charge in [-0.25, -0.2) is 9.59 Å². The Morgan fingerprint density at radius 2 is 0.964 bits per heavy atom. The van der Waals surface area contributed by atoms with Gasteiger partial charge < -0.3 is 9.68 Å². The zero-order chi connectivity index (χ0) is 41.3. The fourth-order valence-corrected chi connectivity index (χ4v) is 8.42. The standard InChI is InChI=1S/C46H70N4O6/c1-13-43(9)31-39(33(5)45(11,15-3)49(43)55-35(7)37-25-19-17-20-26-37)47-53-41(51)29-23-24-30-42(52)54-48-40-32-44(10,14-2)50(46(12,16-4)34(40)6)56-36(8)38-27-21-18-22-28-38/h17-22,25-28,33-36H,13-16,23-24,29-32H2,1-12H3/b47-39+,48-40+. The number of benzene rings is 2. The van der Waals surface area contributed by atoms with Crippen LogP contribution in [-0.2, 0) is 28.9 Å². The summed E-state index contributed by atoms with van der Waals surface area (Å²) >= 11 is 0. The number of nitrogens with zero attached hydrogens (tertiary/aromatic N) is 4. The van der Waals surface area contributed by atoms with Crippen LogP contribution in [-0.4, -0.2) is 55.6 Å². The van der Waals surface area contributed by atoms with E-state index in [2.05, 4.69) is 128 Å². The second kappa shape index (κ2) is 19.3. The van der Waals surface area contributed by atoms with E-state index in [4.69, 9.17) is 19.4 Å². The lowest BCUT2D eigenvalue weighted by molar-refractivity contribution is -0.310. The third-order valence-electron chi connectivity index (χ3n) is 13.5. The van der Waals surface area contributed by atoms with E-state index in [-0.39, 0.29) is 59.0 Å². The number of carbonyl (C=O) groups excluding carboxylic acids is 2. The Morgan fingerprint density at radius 3 is 1.27 bits per heavy atom. The van der Waals surface area contributed by atoms with E-state index in [1.54, 1.807) is 0 Å². The maximum Gasteiger partial charge on any atom is 0.335 e. The van der Waals surface area contributed by atoms with Crippen LogP contribution >= 0.6 is 0 Å². The highest BCUT2D eigenvalue weighted by molar-refractivity contribution is 5.90. The lowest BCUT2D eigenvalue weighted by Gasteiger charge is -2.57. The number of unbranched alkanes of at least 4 members (excludes halogenated alkanes) is 1. The van der Waals surface area contributed by atoms with Gasteiger partial charge in [-0.05, 0) is 91.2 Å². The van der Waals surface area contributed by atoms with Crippen LogP contribution < -0.4 is 0 Å². The van der Waals surface area contributed by atoms with Gasteiger partial charge in [-0.1, -0.05) is 113 Å². The zero-order valence-corrected chi connectivity index (χ0v) is 36.4. The highest BCUT2D eigenvalue weighted by Crippen LogP contribution is 2.47. The zero-order valence-electron chi connectivity index (χ0n) is 36.4. The summed E-state index contributed by atoms with van der Waals surface area (Å²) in [5, 5.41) is 13.3. The first kappa shape index (κ1) is 45.3. The van der Waals surface area contributed by atoms with Crippen molar-refractivity contribution >= 4 is 23.4 Å². The van der Waals surface area contributed by atoms with Crippen LogP contribution in [0.3, 0.4) is 0 Å². The largest absolute Gasteiger partial charge is 0.335 e. The molecule has 8 unspecified atom stereocenters. The number of hydroxylamine groups is 4. The molecule has 0 aromatic heterocycles. The van der Waals surface area contributed by atoms with Crippen LogP contribution in [0.5, 0.6) is 0 Å². The van der Waals surface area contributed by atoms with Gasteiger partial charge in [0.05, 0.1) is 22.5 Å². The van der Waals surface area contributed by atoms with Gasteiger partial charge in [0.2, 0.25) is 0 Å². The second-order valence-corrected chi connectivity index (χ2v) is 17.1. The number of hydrogen-bond donors (Lipinski definition) is 0. The molecule has 0 spiro atoms. The molecule has 0 bridgehead atoms. The van der Waals surface area contributed by atoms with E-state index >= 15 is 0 Å². The summed E-state index contributed by atoms with van der Waals surface area (Å²) in [6, 6.07) is 20.5. The minimum atomic E-state index is -0.409. The average molecular weight is 775 g/mol. The summed E-state index contributed by atoms with van der Waals surface area (Å²) < 4.78 is 0. The minimum Gasteiger partial charge on any atom is -0.318 e. The maximum atomic E-state index is 12.9. The Kier molecular flexibility index (Phi) is 15.6. The van der Waals surface area contributed by atoms with Crippen molar-refractivity contribution in [2.75, 3.05) is 0 Å². The fraction of sp³-hybridized carbons (Fsp3) is 0.652. The first-order chi connectivity index (χ1) is 26.5. The van der Waals surface area contributed by atoms with Crippen LogP contribution in [0.15, 0.2) is 71.0 Å². The summed E-state index contributed by atoms with van der Waals surface area (Å²) in [4.78, 5) is 50.3. The second-order valence-electron chi connectivity index (χ2n) is 17.1. The first-order valence-corrected chi connectivity index (χ1v) is 21.1. The van der Waals surface area contributed by atoms with Crippen molar-refractivity contribution < 1.29 is 28.9 Å². The monoisotopic (exact) mass is 775 g/mol. The minimum absolute atomic E-state index is 0.00925. The molecular formula is C46H70N4O6. The molecule has 2 aromatic carbocycles. The quantitative estimate of drug-likeness (QED) is 0.0889. The van der Waals surface area contributed by atoms with Crippen molar-refractivity contribution in [3.63, 3.8) is 0 Å². The molecule has 310 valence electrons. The van der Waals surface area contributed by atoms with Crippen molar-refractivity contribution in [3.05, 3.63) is 71.8 Å². The Labute approximate surface area is 337 Å². The van der Waals surface area contributed by atoms with Crippen LogP contribution in [0.4, 0.5) is 0 Å². The molecule has 2 aliphatic rings. The molecule has 0 aliphatic carbocycles. The van der Waals surface area contributed by atoms with Crippen LogP contribution in [0.25, 0.3) is 0 Å². The molecule has 2 aromatic rings. The fourth-order valence-electron chi connectivity index (χ4n) is 8.42. The highest BCUT2D eigenvalue weighted by Gasteiger charge is 2.55. The van der Waals surface area contributed by atoms with Gasteiger partial charge in [-0.2, -0.15) is 10.1 Å². The molecule has 0 amide bonds. The Morgan fingerprint density at radius 1 is 0.625 bits per heavy atom. The molecule has 2 fully saturated rings. The molecular weight excluding hydrogens is 705 g/mol. The molecule has 8 atom stereocenters. The molecule has 0 radical (unpaired) electrons. The van der Waals surface area contributed by atoms with Gasteiger partial charge in [-0.3, -0.25) is 9.68 Å². The third kappa shape index (κ3) is 9.98. The molecule has 4 rings (SSSR count). The average Bonchev–Trinajstić information content (AvgIpc) is 3.21. The van der Waals surface area contributed by atoms with Gasteiger partial charge in [0.1, 0.15) is 12.2 Å². The maximum absolute atomic E-state index is 12.9. The van der Waals surface area contributed by atoms with E-state index in [9.17, 15) is 9.59 Å². The highest BCUT2D eigenvalue weighted by atomic mass is 16.7. The van der Waals surface area contributed by atoms with Gasteiger partial charge in [-0.15, -0.1) is 0 Å². The number of hydrogen-bond acceptors (Lipinski definition) is 10. The summed E-state index contributed by atoms with van der Waals surface area (Å²) in [6.45, 7) is 25.9. The summed E-state index contributed by atoms with van der Waals surface area (Å²) in [5.74, 6) is -0.837. The lowest BCUT2D eigenvalue weighted by atomic mass is 9.70. The van der Waals surface area contributed by atoms with E-state index in [1.165, 1.54) is 0 Å². The van der Waals surface area contributed by atoms with Crippen molar-refractivity contribution in [3.8, 4) is 0 Å². The van der Waals surface area contributed by atoms with Gasteiger partial charge in [0, 0.05) is 48.6 Å². The first-order valence-electron chi connectivity index (χ1n) is 21.1. The van der Waals surface area contributed by atoms with Gasteiger partial charge >= 0.3 is 11.9 Å². The molecule has 2 aliphatic heterocycles. The predicted molar refractivity (Wildman–Crippen MR) is 223 cm³/mol. The molecule has 10 heteroatoms. The molecule has 2 saturated heterocycles. The Bertz CT molecular complexity index is 1530. The summed E-state index contributed by atoms with van der Waals surface area (Å²) in [7, 11) is 0. The van der Waals surface area contributed by atoms with E-state index in [0.717, 1.165) is 48.2 Å². The van der Waals surface area contributed by atoms with E-state index in [0.29, 0.717) is 25.7 Å². The topological polar surface area (TPSA) is 102 Å². The number of oxime groups is 2. The van der Waals surface area contributed by atoms with E-state index < -0.39 is 11.9 Å². The molecule has 10 nitrogen and oxygen atoms in total. The molecule has 2 heterocycles. The predicted octanol–water partition coefficient (Wildman–Crippen LogP) is 11.1. The summed E-state index contributed by atoms with van der Waals surface area (Å²) in [5.41, 5.74) is 2.54. The number of piperidine rings is 2.